The molecule has 4 nitrogen and oxygen atoms in total. The molecular weight excluding hydrogens is 488 g/mol. The van der Waals surface area contributed by atoms with Gasteiger partial charge in [0.2, 0.25) is 0 Å². The molecule has 5 aromatic carbocycles. The lowest BCUT2D eigenvalue weighted by atomic mass is 10.0. The monoisotopic (exact) mass is 508 g/mol. The summed E-state index contributed by atoms with van der Waals surface area (Å²) in [5.41, 5.74) is 5.06. The van der Waals surface area contributed by atoms with E-state index < -0.39 is 0 Å². The average molecular weight is 509 g/mol. The second-order valence-corrected chi connectivity index (χ2v) is 8.66. The summed E-state index contributed by atoms with van der Waals surface area (Å²) >= 11 is 3.40. The molecule has 1 N–H and O–H groups in total. The summed E-state index contributed by atoms with van der Waals surface area (Å²) in [5, 5.41) is 8.66. The Kier molecular flexibility index (Phi) is 6.36. The van der Waals surface area contributed by atoms with Crippen molar-refractivity contribution in [2.75, 3.05) is 0 Å². The summed E-state index contributed by atoms with van der Waals surface area (Å²) in [6, 6.07) is 33.8. The van der Waals surface area contributed by atoms with Crippen LogP contribution in [0, 0.1) is 0 Å². The maximum absolute atomic E-state index is 12.6. The van der Waals surface area contributed by atoms with Gasteiger partial charge in [-0.3, -0.25) is 4.79 Å². The minimum atomic E-state index is -0.290. The summed E-state index contributed by atoms with van der Waals surface area (Å²) in [6.45, 7) is 0.420. The van der Waals surface area contributed by atoms with E-state index in [4.69, 9.17) is 4.74 Å². The quantitative estimate of drug-likeness (QED) is 0.196. The van der Waals surface area contributed by atoms with E-state index in [-0.39, 0.29) is 5.91 Å². The molecule has 166 valence electrons. The Hall–Kier alpha value is -3.96. The van der Waals surface area contributed by atoms with Crippen LogP contribution in [0.2, 0.25) is 0 Å². The Morgan fingerprint density at radius 3 is 2.29 bits per heavy atom. The number of hydrazone groups is 1. The predicted octanol–water partition coefficient (Wildman–Crippen LogP) is 7.10. The maximum atomic E-state index is 12.6. The topological polar surface area (TPSA) is 50.7 Å². The van der Waals surface area contributed by atoms with Gasteiger partial charge in [-0.05, 0) is 61.2 Å². The van der Waals surface area contributed by atoms with E-state index in [2.05, 4.69) is 50.7 Å². The molecule has 0 aromatic heterocycles. The van der Waals surface area contributed by atoms with Gasteiger partial charge in [-0.25, -0.2) is 5.43 Å². The lowest BCUT2D eigenvalue weighted by Gasteiger charge is -2.13. The lowest BCUT2D eigenvalue weighted by molar-refractivity contribution is 0.0954. The third-order valence-corrected chi connectivity index (χ3v) is 6.36. The van der Waals surface area contributed by atoms with Crippen molar-refractivity contribution in [2.45, 2.75) is 6.61 Å². The molecule has 0 unspecified atom stereocenters. The van der Waals surface area contributed by atoms with Crippen molar-refractivity contribution in [1.29, 1.82) is 0 Å². The van der Waals surface area contributed by atoms with Crippen molar-refractivity contribution in [1.82, 2.24) is 5.43 Å². The molecule has 0 fully saturated rings. The standard InChI is InChI=1S/C29H21BrN2O2/c30-27-15-6-5-14-25(27)29(33)32-31-18-26-24-13-4-2-9-21(24)16-17-28(26)34-19-22-11-7-10-20-8-1-3-12-23(20)22/h1-18H,19H2,(H,32,33)/b31-18-. The highest BCUT2D eigenvalue weighted by Crippen LogP contribution is 2.28. The highest BCUT2D eigenvalue weighted by molar-refractivity contribution is 9.10. The van der Waals surface area contributed by atoms with Crippen LogP contribution in [0.15, 0.2) is 113 Å². The van der Waals surface area contributed by atoms with Crippen molar-refractivity contribution >= 4 is 49.6 Å². The van der Waals surface area contributed by atoms with Crippen LogP contribution in [0.3, 0.4) is 0 Å². The van der Waals surface area contributed by atoms with Gasteiger partial charge in [0.15, 0.2) is 0 Å². The lowest BCUT2D eigenvalue weighted by Crippen LogP contribution is -2.18. The third-order valence-electron chi connectivity index (χ3n) is 5.67. The van der Waals surface area contributed by atoms with Gasteiger partial charge in [-0.2, -0.15) is 5.10 Å². The molecule has 0 aliphatic rings. The second-order valence-electron chi connectivity index (χ2n) is 7.80. The second kappa shape index (κ2) is 9.89. The fraction of sp³-hybridized carbons (Fsp3) is 0.0345. The molecule has 0 aliphatic carbocycles. The molecule has 0 saturated heterocycles. The fourth-order valence-corrected chi connectivity index (χ4v) is 4.43. The van der Waals surface area contributed by atoms with Crippen molar-refractivity contribution in [2.24, 2.45) is 5.10 Å². The smallest absolute Gasteiger partial charge is 0.272 e. The Balaban J connectivity index is 1.44. The Labute approximate surface area is 206 Å². The summed E-state index contributed by atoms with van der Waals surface area (Å²) < 4.78 is 7.00. The molecular formula is C29H21BrN2O2. The van der Waals surface area contributed by atoms with E-state index in [1.54, 1.807) is 12.3 Å². The van der Waals surface area contributed by atoms with Gasteiger partial charge in [0.25, 0.3) is 5.91 Å². The van der Waals surface area contributed by atoms with E-state index in [9.17, 15) is 4.79 Å². The number of carbonyl (C=O) groups is 1. The minimum Gasteiger partial charge on any atom is -0.488 e. The van der Waals surface area contributed by atoms with Crippen LogP contribution in [0.25, 0.3) is 21.5 Å². The van der Waals surface area contributed by atoms with Gasteiger partial charge in [0.1, 0.15) is 12.4 Å². The summed E-state index contributed by atoms with van der Waals surface area (Å²) in [5.74, 6) is 0.410. The molecule has 0 spiro atoms. The normalized spacial score (nSPS) is 11.2. The SMILES string of the molecule is O=C(N/N=C\c1c(OCc2cccc3ccccc23)ccc2ccccc12)c1ccccc1Br. The van der Waals surface area contributed by atoms with Crippen molar-refractivity contribution in [3.63, 3.8) is 0 Å². The van der Waals surface area contributed by atoms with Crippen LogP contribution in [0.5, 0.6) is 5.75 Å². The van der Waals surface area contributed by atoms with E-state index in [0.29, 0.717) is 22.4 Å². The van der Waals surface area contributed by atoms with Gasteiger partial charge in [-0.15, -0.1) is 0 Å². The number of ether oxygens (including phenoxy) is 1. The molecule has 0 radical (unpaired) electrons. The molecule has 5 rings (SSSR count). The van der Waals surface area contributed by atoms with Crippen LogP contribution in [-0.2, 0) is 6.61 Å². The Bertz CT molecular complexity index is 1520. The molecule has 5 heteroatoms. The van der Waals surface area contributed by atoms with E-state index >= 15 is 0 Å². The third kappa shape index (κ3) is 4.56. The van der Waals surface area contributed by atoms with Crippen LogP contribution in [0.4, 0.5) is 0 Å². The number of fused-ring (bicyclic) bond motifs is 2. The van der Waals surface area contributed by atoms with E-state index in [1.165, 1.54) is 10.8 Å². The van der Waals surface area contributed by atoms with E-state index in [0.717, 1.165) is 21.9 Å². The molecule has 0 atom stereocenters. The Morgan fingerprint density at radius 1 is 0.794 bits per heavy atom. The summed E-state index contributed by atoms with van der Waals surface area (Å²) in [4.78, 5) is 12.6. The first-order chi connectivity index (χ1) is 16.7. The first-order valence-corrected chi connectivity index (χ1v) is 11.7. The van der Waals surface area contributed by atoms with Gasteiger partial charge < -0.3 is 4.74 Å². The number of amides is 1. The first-order valence-electron chi connectivity index (χ1n) is 10.9. The molecule has 5 aromatic rings. The highest BCUT2D eigenvalue weighted by atomic mass is 79.9. The minimum absolute atomic E-state index is 0.290. The highest BCUT2D eigenvalue weighted by Gasteiger charge is 2.11. The summed E-state index contributed by atoms with van der Waals surface area (Å²) in [6.07, 6.45) is 1.65. The first kappa shape index (κ1) is 21.9. The van der Waals surface area contributed by atoms with Gasteiger partial charge in [-0.1, -0.05) is 84.9 Å². The summed E-state index contributed by atoms with van der Waals surface area (Å²) in [7, 11) is 0. The number of benzene rings is 5. The molecule has 0 saturated carbocycles. The number of nitrogens with zero attached hydrogens (tertiary/aromatic N) is 1. The maximum Gasteiger partial charge on any atom is 0.272 e. The van der Waals surface area contributed by atoms with Crippen LogP contribution >= 0.6 is 15.9 Å². The van der Waals surface area contributed by atoms with Gasteiger partial charge >= 0.3 is 0 Å². The zero-order valence-corrected chi connectivity index (χ0v) is 19.8. The predicted molar refractivity (Wildman–Crippen MR) is 141 cm³/mol. The number of carbonyl (C=O) groups excluding carboxylic acids is 1. The van der Waals surface area contributed by atoms with Gasteiger partial charge in [0.05, 0.1) is 11.8 Å². The zero-order valence-electron chi connectivity index (χ0n) is 18.2. The molecule has 0 heterocycles. The van der Waals surface area contributed by atoms with Crippen molar-refractivity contribution < 1.29 is 9.53 Å². The van der Waals surface area contributed by atoms with Crippen molar-refractivity contribution in [3.8, 4) is 5.75 Å². The van der Waals surface area contributed by atoms with Crippen molar-refractivity contribution in [3.05, 3.63) is 124 Å². The number of hydrogen-bond donors (Lipinski definition) is 1. The largest absolute Gasteiger partial charge is 0.488 e. The fourth-order valence-electron chi connectivity index (χ4n) is 3.97. The number of rotatable bonds is 6. The van der Waals surface area contributed by atoms with Crippen LogP contribution in [0.1, 0.15) is 21.5 Å². The molecule has 0 bridgehead atoms. The van der Waals surface area contributed by atoms with Gasteiger partial charge in [0, 0.05) is 10.0 Å². The number of nitrogens with one attached hydrogen (secondary N) is 1. The molecule has 1 amide bonds. The molecule has 34 heavy (non-hydrogen) atoms. The van der Waals surface area contributed by atoms with E-state index in [1.807, 2.05) is 72.8 Å². The van der Waals surface area contributed by atoms with Crippen LogP contribution < -0.4 is 10.2 Å². The average Bonchev–Trinajstić information content (AvgIpc) is 2.88. The Morgan fingerprint density at radius 2 is 1.47 bits per heavy atom. The van der Waals surface area contributed by atoms with Crippen LogP contribution in [-0.4, -0.2) is 12.1 Å². The number of halogens is 1. The zero-order chi connectivity index (χ0) is 23.3. The molecule has 0 aliphatic heterocycles. The number of hydrogen-bond acceptors (Lipinski definition) is 3.